The van der Waals surface area contributed by atoms with E-state index >= 15 is 0 Å². The van der Waals surface area contributed by atoms with Crippen molar-refractivity contribution in [3.8, 4) is 0 Å². The summed E-state index contributed by atoms with van der Waals surface area (Å²) in [5.74, 6) is 0.775. The van der Waals surface area contributed by atoms with Crippen LogP contribution in [0.4, 0.5) is 5.69 Å². The molecule has 21 heavy (non-hydrogen) atoms. The molecule has 0 spiro atoms. The lowest BCUT2D eigenvalue weighted by atomic mass is 10.1. The molecule has 1 amide bonds. The zero-order valence-corrected chi connectivity index (χ0v) is 14.1. The highest BCUT2D eigenvalue weighted by molar-refractivity contribution is 9.10. The number of nitro benzene ring substituents is 1. The highest BCUT2D eigenvalue weighted by Gasteiger charge is 2.29. The summed E-state index contributed by atoms with van der Waals surface area (Å²) in [7, 11) is 0. The van der Waals surface area contributed by atoms with Crippen LogP contribution in [0.5, 0.6) is 0 Å². The molecule has 1 aromatic rings. The van der Waals surface area contributed by atoms with Crippen LogP contribution in [-0.4, -0.2) is 27.9 Å². The Bertz CT molecular complexity index is 553. The minimum atomic E-state index is -0.492. The molecule has 2 rings (SSSR count). The molecule has 2 atom stereocenters. The average Bonchev–Trinajstić information content (AvgIpc) is 2.86. The van der Waals surface area contributed by atoms with Gasteiger partial charge in [0.05, 0.1) is 10.5 Å². The molecule has 1 saturated carbocycles. The first-order valence-corrected chi connectivity index (χ1v) is 8.73. The van der Waals surface area contributed by atoms with Crippen molar-refractivity contribution >= 4 is 39.3 Å². The van der Waals surface area contributed by atoms with E-state index in [4.69, 9.17) is 0 Å². The number of rotatable bonds is 5. The fourth-order valence-corrected chi connectivity index (χ4v) is 4.18. The van der Waals surface area contributed by atoms with Crippen molar-refractivity contribution in [3.63, 3.8) is 0 Å². The third-order valence-corrected chi connectivity index (χ3v) is 5.57. The molecule has 1 aliphatic carbocycles. The fourth-order valence-electron chi connectivity index (χ4n) is 2.55. The number of carbonyl (C=O) groups excluding carboxylic acids is 1. The number of thioether (sulfide) groups is 1. The van der Waals surface area contributed by atoms with Gasteiger partial charge in [-0.05, 0) is 40.6 Å². The van der Waals surface area contributed by atoms with E-state index in [0.29, 0.717) is 15.3 Å². The Morgan fingerprint density at radius 1 is 1.52 bits per heavy atom. The topological polar surface area (TPSA) is 72.2 Å². The van der Waals surface area contributed by atoms with E-state index in [-0.39, 0.29) is 17.6 Å². The third kappa shape index (κ3) is 3.97. The summed E-state index contributed by atoms with van der Waals surface area (Å²) in [6.07, 6.45) is 3.19. The van der Waals surface area contributed by atoms with Crippen LogP contribution in [0.15, 0.2) is 22.7 Å². The SMILES string of the molecule is CCSC1CCCC1NC(=O)c1cc([N+](=O)[O-])ccc1Br. The molecule has 0 aliphatic heterocycles. The van der Waals surface area contributed by atoms with Crippen LogP contribution in [0.3, 0.4) is 0 Å². The Morgan fingerprint density at radius 2 is 2.29 bits per heavy atom. The van der Waals surface area contributed by atoms with Crippen molar-refractivity contribution < 1.29 is 9.72 Å². The number of amides is 1. The molecule has 2 unspecified atom stereocenters. The summed E-state index contributed by atoms with van der Waals surface area (Å²) in [6, 6.07) is 4.39. The third-order valence-electron chi connectivity index (χ3n) is 3.56. The number of benzene rings is 1. The van der Waals surface area contributed by atoms with Crippen molar-refractivity contribution in [1.29, 1.82) is 0 Å². The van der Waals surface area contributed by atoms with Gasteiger partial charge in [-0.25, -0.2) is 0 Å². The maximum absolute atomic E-state index is 12.4. The molecule has 1 N–H and O–H groups in total. The van der Waals surface area contributed by atoms with E-state index < -0.39 is 4.92 Å². The van der Waals surface area contributed by atoms with Crippen molar-refractivity contribution in [2.75, 3.05) is 5.75 Å². The molecule has 1 aliphatic rings. The van der Waals surface area contributed by atoms with E-state index in [2.05, 4.69) is 28.2 Å². The number of hydrogen-bond donors (Lipinski definition) is 1. The number of nitro groups is 1. The molecule has 0 aromatic heterocycles. The quantitative estimate of drug-likeness (QED) is 0.630. The van der Waals surface area contributed by atoms with E-state index in [1.54, 1.807) is 6.07 Å². The lowest BCUT2D eigenvalue weighted by molar-refractivity contribution is -0.384. The van der Waals surface area contributed by atoms with Gasteiger partial charge in [-0.3, -0.25) is 14.9 Å². The molecule has 0 radical (unpaired) electrons. The van der Waals surface area contributed by atoms with Gasteiger partial charge in [0.15, 0.2) is 0 Å². The summed E-state index contributed by atoms with van der Waals surface area (Å²) in [5.41, 5.74) is 0.241. The van der Waals surface area contributed by atoms with Crippen LogP contribution in [-0.2, 0) is 0 Å². The van der Waals surface area contributed by atoms with Crippen LogP contribution in [0.25, 0.3) is 0 Å². The van der Waals surface area contributed by atoms with Crippen molar-refractivity contribution in [2.24, 2.45) is 0 Å². The maximum atomic E-state index is 12.4. The Kier molecular flexibility index (Phi) is 5.64. The normalized spacial score (nSPS) is 21.2. The summed E-state index contributed by atoms with van der Waals surface area (Å²) in [4.78, 5) is 22.7. The number of halogens is 1. The van der Waals surface area contributed by atoms with Crippen LogP contribution in [0.2, 0.25) is 0 Å². The van der Waals surface area contributed by atoms with Crippen molar-refractivity contribution in [3.05, 3.63) is 38.3 Å². The minimum Gasteiger partial charge on any atom is -0.348 e. The molecular weight excluding hydrogens is 356 g/mol. The fraction of sp³-hybridized carbons (Fsp3) is 0.500. The second-order valence-electron chi connectivity index (χ2n) is 4.93. The van der Waals surface area contributed by atoms with Gasteiger partial charge in [0.2, 0.25) is 0 Å². The molecule has 114 valence electrons. The van der Waals surface area contributed by atoms with E-state index in [9.17, 15) is 14.9 Å². The first-order valence-electron chi connectivity index (χ1n) is 6.89. The second kappa shape index (κ2) is 7.26. The second-order valence-corrected chi connectivity index (χ2v) is 7.30. The van der Waals surface area contributed by atoms with Crippen LogP contribution < -0.4 is 5.32 Å². The van der Waals surface area contributed by atoms with E-state index in [0.717, 1.165) is 25.0 Å². The van der Waals surface area contributed by atoms with Gasteiger partial charge in [0, 0.05) is 27.9 Å². The Morgan fingerprint density at radius 3 is 2.95 bits per heavy atom. The first kappa shape index (κ1) is 16.3. The van der Waals surface area contributed by atoms with Gasteiger partial charge in [-0.1, -0.05) is 13.3 Å². The molecule has 0 heterocycles. The minimum absolute atomic E-state index is 0.0748. The van der Waals surface area contributed by atoms with E-state index in [1.807, 2.05) is 11.8 Å². The van der Waals surface area contributed by atoms with Gasteiger partial charge < -0.3 is 5.32 Å². The van der Waals surface area contributed by atoms with Crippen LogP contribution in [0, 0.1) is 10.1 Å². The standard InChI is InChI=1S/C14H17BrN2O3S/c1-2-21-13-5-3-4-12(13)16-14(18)10-8-9(17(19)20)6-7-11(10)15/h6-8,12-13H,2-5H2,1H3,(H,16,18). The molecular formula is C14H17BrN2O3S. The van der Waals surface area contributed by atoms with Gasteiger partial charge in [-0.2, -0.15) is 11.8 Å². The Balaban J connectivity index is 2.13. The van der Waals surface area contributed by atoms with Gasteiger partial charge in [0.1, 0.15) is 0 Å². The number of nitrogens with zero attached hydrogens (tertiary/aromatic N) is 1. The van der Waals surface area contributed by atoms with E-state index in [1.165, 1.54) is 12.1 Å². The largest absolute Gasteiger partial charge is 0.348 e. The van der Waals surface area contributed by atoms with Gasteiger partial charge in [-0.15, -0.1) is 0 Å². The Hall–Kier alpha value is -1.08. The van der Waals surface area contributed by atoms with Crippen molar-refractivity contribution in [1.82, 2.24) is 5.32 Å². The molecule has 0 saturated heterocycles. The summed E-state index contributed by atoms with van der Waals surface area (Å²) in [6.45, 7) is 2.11. The zero-order valence-electron chi connectivity index (χ0n) is 11.7. The molecule has 1 fully saturated rings. The number of carbonyl (C=O) groups is 1. The number of non-ortho nitro benzene ring substituents is 1. The van der Waals surface area contributed by atoms with Gasteiger partial charge >= 0.3 is 0 Å². The lowest BCUT2D eigenvalue weighted by Gasteiger charge is -2.20. The molecule has 1 aromatic carbocycles. The predicted octanol–water partition coefficient (Wildman–Crippen LogP) is 3.76. The summed E-state index contributed by atoms with van der Waals surface area (Å²) < 4.78 is 0.572. The number of hydrogen-bond acceptors (Lipinski definition) is 4. The monoisotopic (exact) mass is 372 g/mol. The van der Waals surface area contributed by atoms with Crippen LogP contribution in [0.1, 0.15) is 36.5 Å². The molecule has 0 bridgehead atoms. The van der Waals surface area contributed by atoms with Gasteiger partial charge in [0.25, 0.3) is 11.6 Å². The number of nitrogens with one attached hydrogen (secondary N) is 1. The zero-order chi connectivity index (χ0) is 15.4. The lowest BCUT2D eigenvalue weighted by Crippen LogP contribution is -2.39. The Labute approximate surface area is 136 Å². The molecule has 5 nitrogen and oxygen atoms in total. The van der Waals surface area contributed by atoms with Crippen molar-refractivity contribution in [2.45, 2.75) is 37.5 Å². The summed E-state index contributed by atoms with van der Waals surface area (Å²) in [5, 5.41) is 14.3. The smallest absolute Gasteiger partial charge is 0.270 e. The average molecular weight is 373 g/mol. The highest BCUT2D eigenvalue weighted by atomic mass is 79.9. The first-order chi connectivity index (χ1) is 10.0. The van der Waals surface area contributed by atoms with Crippen LogP contribution >= 0.6 is 27.7 Å². The predicted molar refractivity (Wildman–Crippen MR) is 87.8 cm³/mol. The molecule has 7 heteroatoms. The summed E-state index contributed by atoms with van der Waals surface area (Å²) >= 11 is 5.15. The highest BCUT2D eigenvalue weighted by Crippen LogP contribution is 2.30. The maximum Gasteiger partial charge on any atom is 0.270 e.